The molecule has 0 aliphatic heterocycles. The molecule has 0 fully saturated rings. The number of nitrogen functional groups attached to an aromatic ring is 2. The normalized spacial score (nSPS) is 10.9. The van der Waals surface area contributed by atoms with Crippen LogP contribution in [-0.2, 0) is 6.54 Å². The van der Waals surface area contributed by atoms with Gasteiger partial charge in [-0.2, -0.15) is 10.2 Å². The molecule has 138 valence electrons. The fourth-order valence-corrected chi connectivity index (χ4v) is 3.36. The van der Waals surface area contributed by atoms with Crippen LogP contribution in [0.2, 0.25) is 0 Å². The first-order valence-corrected chi connectivity index (χ1v) is 8.66. The van der Waals surface area contributed by atoms with Gasteiger partial charge in [-0.05, 0) is 54.8 Å². The molecular weight excluding hydrogens is 352 g/mol. The summed E-state index contributed by atoms with van der Waals surface area (Å²) in [4.78, 5) is 17.3. The monoisotopic (exact) mass is 370 g/mol. The summed E-state index contributed by atoms with van der Waals surface area (Å²) in [5.41, 5.74) is 18.9. The fourth-order valence-electron chi connectivity index (χ4n) is 3.36. The van der Waals surface area contributed by atoms with Crippen molar-refractivity contribution in [2.24, 2.45) is 0 Å². The average molecular weight is 370 g/mol. The summed E-state index contributed by atoms with van der Waals surface area (Å²) in [6.45, 7) is 4.66. The Labute approximate surface area is 161 Å². The van der Waals surface area contributed by atoms with Gasteiger partial charge >= 0.3 is 0 Å². The molecule has 0 saturated carbocycles. The zero-order valence-electron chi connectivity index (χ0n) is 15.5. The fraction of sp³-hybridized carbons (Fsp3) is 0.150. The van der Waals surface area contributed by atoms with Gasteiger partial charge in [0.15, 0.2) is 5.65 Å². The highest BCUT2D eigenvalue weighted by Gasteiger charge is 2.16. The van der Waals surface area contributed by atoms with Crippen LogP contribution in [0.4, 0.5) is 11.6 Å². The van der Waals surface area contributed by atoms with Crippen molar-refractivity contribution in [1.29, 1.82) is 5.26 Å². The van der Waals surface area contributed by atoms with Crippen LogP contribution < -0.4 is 11.5 Å². The zero-order valence-corrected chi connectivity index (χ0v) is 15.5. The summed E-state index contributed by atoms with van der Waals surface area (Å²) in [6, 6.07) is 9.38. The third-order valence-corrected chi connectivity index (χ3v) is 4.68. The second-order valence-corrected chi connectivity index (χ2v) is 6.65. The minimum atomic E-state index is 0.144. The first kappa shape index (κ1) is 17.4. The Morgan fingerprint density at radius 3 is 2.54 bits per heavy atom. The van der Waals surface area contributed by atoms with Crippen LogP contribution in [0, 0.1) is 25.2 Å². The molecule has 0 aliphatic rings. The molecule has 0 unspecified atom stereocenters. The number of anilines is 2. The van der Waals surface area contributed by atoms with E-state index in [1.165, 1.54) is 0 Å². The van der Waals surface area contributed by atoms with E-state index in [2.05, 4.69) is 19.9 Å². The number of nitriles is 1. The van der Waals surface area contributed by atoms with Crippen molar-refractivity contribution in [2.75, 3.05) is 11.5 Å². The van der Waals surface area contributed by atoms with Gasteiger partial charge in [0.25, 0.3) is 0 Å². The van der Waals surface area contributed by atoms with Crippen LogP contribution in [-0.4, -0.2) is 24.5 Å². The molecule has 8 nitrogen and oxygen atoms in total. The molecule has 0 spiro atoms. The van der Waals surface area contributed by atoms with Gasteiger partial charge in [-0.3, -0.25) is 0 Å². The molecule has 3 heterocycles. The van der Waals surface area contributed by atoms with E-state index in [-0.39, 0.29) is 5.95 Å². The average Bonchev–Trinajstić information content (AvgIpc) is 3.06. The smallest absolute Gasteiger partial charge is 0.222 e. The van der Waals surface area contributed by atoms with Crippen LogP contribution in [0.5, 0.6) is 0 Å². The molecule has 0 radical (unpaired) electrons. The lowest BCUT2D eigenvalue weighted by Gasteiger charge is -2.12. The summed E-state index contributed by atoms with van der Waals surface area (Å²) >= 11 is 0. The maximum Gasteiger partial charge on any atom is 0.222 e. The highest BCUT2D eigenvalue weighted by molar-refractivity contribution is 5.88. The lowest BCUT2D eigenvalue weighted by atomic mass is 10.0. The van der Waals surface area contributed by atoms with Gasteiger partial charge in [0, 0.05) is 17.4 Å². The summed E-state index contributed by atoms with van der Waals surface area (Å²) in [5, 5.41) is 9.12. The molecule has 4 N–H and O–H groups in total. The number of rotatable bonds is 3. The summed E-state index contributed by atoms with van der Waals surface area (Å²) in [5.74, 6) is 0.144. The Balaban J connectivity index is 1.85. The highest BCUT2D eigenvalue weighted by atomic mass is 15.1. The Kier molecular flexibility index (Phi) is 4.12. The lowest BCUT2D eigenvalue weighted by molar-refractivity contribution is 0.803. The number of hydrogen-bond acceptors (Lipinski definition) is 7. The zero-order chi connectivity index (χ0) is 19.8. The van der Waals surface area contributed by atoms with Gasteiger partial charge in [-0.1, -0.05) is 0 Å². The van der Waals surface area contributed by atoms with Crippen molar-refractivity contribution in [2.45, 2.75) is 20.4 Å². The van der Waals surface area contributed by atoms with Gasteiger partial charge in [0.1, 0.15) is 23.0 Å². The summed E-state index contributed by atoms with van der Waals surface area (Å²) in [7, 11) is 0. The van der Waals surface area contributed by atoms with Gasteiger partial charge in [0.2, 0.25) is 5.95 Å². The van der Waals surface area contributed by atoms with Crippen molar-refractivity contribution in [3.05, 3.63) is 59.2 Å². The van der Waals surface area contributed by atoms with Crippen LogP contribution in [0.15, 0.2) is 36.8 Å². The predicted molar refractivity (Wildman–Crippen MR) is 107 cm³/mol. The van der Waals surface area contributed by atoms with E-state index in [1.54, 1.807) is 24.7 Å². The van der Waals surface area contributed by atoms with Crippen molar-refractivity contribution >= 4 is 22.8 Å². The molecule has 4 aromatic rings. The van der Waals surface area contributed by atoms with Crippen molar-refractivity contribution in [3.63, 3.8) is 0 Å². The third kappa shape index (κ3) is 2.99. The SMILES string of the molecule is Cc1cc(N)cc(C)c1Cn1cnc2c(-c3ccnc(C#N)c3)nc(N)nc21. The first-order valence-electron chi connectivity index (χ1n) is 8.66. The van der Waals surface area contributed by atoms with Crippen LogP contribution >= 0.6 is 0 Å². The third-order valence-electron chi connectivity index (χ3n) is 4.68. The Bertz CT molecular complexity index is 1230. The van der Waals surface area contributed by atoms with Crippen molar-refractivity contribution < 1.29 is 0 Å². The second kappa shape index (κ2) is 6.63. The molecule has 8 heteroatoms. The van der Waals surface area contributed by atoms with Crippen LogP contribution in [0.3, 0.4) is 0 Å². The second-order valence-electron chi connectivity index (χ2n) is 6.65. The molecule has 3 aromatic heterocycles. The van der Waals surface area contributed by atoms with Crippen LogP contribution in [0.1, 0.15) is 22.4 Å². The van der Waals surface area contributed by atoms with E-state index in [0.29, 0.717) is 29.1 Å². The van der Waals surface area contributed by atoms with E-state index in [4.69, 9.17) is 16.7 Å². The molecule has 1 aromatic carbocycles. The maximum atomic E-state index is 9.12. The molecular formula is C20H18N8. The van der Waals surface area contributed by atoms with E-state index >= 15 is 0 Å². The standard InChI is InChI=1S/C20H18N8/c1-11-5-14(22)6-12(2)16(11)9-28-10-25-18-17(26-20(23)27-19(18)28)13-3-4-24-15(7-13)8-21/h3-7,10H,9,22H2,1-2H3,(H2,23,26,27). The number of hydrogen-bond donors (Lipinski definition) is 2. The number of benzene rings is 1. The van der Waals surface area contributed by atoms with E-state index in [0.717, 1.165) is 27.9 Å². The van der Waals surface area contributed by atoms with Crippen LogP contribution in [0.25, 0.3) is 22.4 Å². The number of nitrogens with zero attached hydrogens (tertiary/aromatic N) is 6. The highest BCUT2D eigenvalue weighted by Crippen LogP contribution is 2.27. The van der Waals surface area contributed by atoms with Gasteiger partial charge in [-0.15, -0.1) is 0 Å². The molecule has 0 atom stereocenters. The van der Waals surface area contributed by atoms with E-state index < -0.39 is 0 Å². The number of aromatic nitrogens is 5. The topological polar surface area (TPSA) is 132 Å². The number of aryl methyl sites for hydroxylation is 2. The Morgan fingerprint density at radius 1 is 1.07 bits per heavy atom. The van der Waals surface area contributed by atoms with Gasteiger partial charge in [0.05, 0.1) is 12.9 Å². The molecule has 0 saturated heterocycles. The van der Waals surface area contributed by atoms with E-state index in [1.807, 2.05) is 36.6 Å². The van der Waals surface area contributed by atoms with Gasteiger partial charge < -0.3 is 16.0 Å². The predicted octanol–water partition coefficient (Wildman–Crippen LogP) is 2.59. The first-order chi connectivity index (χ1) is 13.5. The minimum Gasteiger partial charge on any atom is -0.399 e. The van der Waals surface area contributed by atoms with Crippen molar-refractivity contribution in [3.8, 4) is 17.3 Å². The number of imidazole rings is 1. The number of fused-ring (bicyclic) bond motifs is 1. The number of pyridine rings is 1. The van der Waals surface area contributed by atoms with E-state index in [9.17, 15) is 0 Å². The quantitative estimate of drug-likeness (QED) is 0.530. The summed E-state index contributed by atoms with van der Waals surface area (Å²) in [6.07, 6.45) is 3.29. The van der Waals surface area contributed by atoms with Crippen molar-refractivity contribution in [1.82, 2.24) is 24.5 Å². The maximum absolute atomic E-state index is 9.12. The Morgan fingerprint density at radius 2 is 1.82 bits per heavy atom. The lowest BCUT2D eigenvalue weighted by Crippen LogP contribution is -2.06. The molecule has 4 rings (SSSR count). The molecule has 0 aliphatic carbocycles. The number of nitrogens with two attached hydrogens (primary N) is 2. The summed E-state index contributed by atoms with van der Waals surface area (Å²) < 4.78 is 1.94. The Hall–Kier alpha value is -3.99. The molecule has 0 amide bonds. The van der Waals surface area contributed by atoms with Gasteiger partial charge in [-0.25, -0.2) is 15.0 Å². The molecule has 28 heavy (non-hydrogen) atoms. The largest absolute Gasteiger partial charge is 0.399 e. The minimum absolute atomic E-state index is 0.144. The molecule has 0 bridgehead atoms.